The number of halogens is 2. The van der Waals surface area contributed by atoms with Gasteiger partial charge in [-0.15, -0.1) is 0 Å². The molecule has 4 heteroatoms. The Morgan fingerprint density at radius 1 is 1.00 bits per heavy atom. The minimum absolute atomic E-state index is 0.174. The molecule has 0 fully saturated rings. The molecule has 1 unspecified atom stereocenters. The van der Waals surface area contributed by atoms with Crippen LogP contribution in [0, 0.1) is 11.6 Å². The summed E-state index contributed by atoms with van der Waals surface area (Å²) < 4.78 is 25.9. The SMILES string of the molecule is NNC(Cc1cccc(F)c1)c1ccc(F)cc1. The molecule has 0 radical (unpaired) electrons. The Labute approximate surface area is 104 Å². The van der Waals surface area contributed by atoms with Gasteiger partial charge in [0, 0.05) is 6.04 Å². The van der Waals surface area contributed by atoms with Crippen LogP contribution in [0.5, 0.6) is 0 Å². The maximum Gasteiger partial charge on any atom is 0.123 e. The van der Waals surface area contributed by atoms with Gasteiger partial charge in [0.25, 0.3) is 0 Å². The van der Waals surface area contributed by atoms with Gasteiger partial charge in [-0.2, -0.15) is 0 Å². The molecule has 3 N–H and O–H groups in total. The Kier molecular flexibility index (Phi) is 4.02. The summed E-state index contributed by atoms with van der Waals surface area (Å²) in [6.45, 7) is 0. The average molecular weight is 248 g/mol. The quantitative estimate of drug-likeness (QED) is 0.645. The van der Waals surface area contributed by atoms with E-state index in [1.807, 2.05) is 6.07 Å². The smallest absolute Gasteiger partial charge is 0.123 e. The van der Waals surface area contributed by atoms with Crippen molar-refractivity contribution in [2.45, 2.75) is 12.5 Å². The lowest BCUT2D eigenvalue weighted by Crippen LogP contribution is -2.29. The van der Waals surface area contributed by atoms with E-state index in [0.717, 1.165) is 11.1 Å². The summed E-state index contributed by atoms with van der Waals surface area (Å²) in [5.41, 5.74) is 4.36. The molecule has 0 saturated carbocycles. The predicted octanol–water partition coefficient (Wildman–Crippen LogP) is 2.71. The van der Waals surface area contributed by atoms with Crippen LogP contribution in [0.25, 0.3) is 0 Å². The molecule has 0 heterocycles. The molecule has 2 nitrogen and oxygen atoms in total. The molecule has 0 spiro atoms. The lowest BCUT2D eigenvalue weighted by molar-refractivity contribution is 0.546. The van der Waals surface area contributed by atoms with Crippen LogP contribution >= 0.6 is 0 Å². The highest BCUT2D eigenvalue weighted by Gasteiger charge is 2.10. The van der Waals surface area contributed by atoms with Crippen molar-refractivity contribution in [1.29, 1.82) is 0 Å². The molecule has 2 rings (SSSR count). The summed E-state index contributed by atoms with van der Waals surface area (Å²) >= 11 is 0. The van der Waals surface area contributed by atoms with Crippen LogP contribution in [0.3, 0.4) is 0 Å². The zero-order valence-corrected chi connectivity index (χ0v) is 9.74. The fourth-order valence-electron chi connectivity index (χ4n) is 1.87. The molecule has 0 amide bonds. The standard InChI is InChI=1S/C14H14F2N2/c15-12-6-4-11(5-7-12)14(18-17)9-10-2-1-3-13(16)8-10/h1-8,14,18H,9,17H2. The molecule has 2 aromatic rings. The van der Waals surface area contributed by atoms with Crippen molar-refractivity contribution < 1.29 is 8.78 Å². The number of hydrogen-bond acceptors (Lipinski definition) is 2. The number of hydrogen-bond donors (Lipinski definition) is 2. The summed E-state index contributed by atoms with van der Waals surface area (Å²) in [6.07, 6.45) is 0.542. The van der Waals surface area contributed by atoms with E-state index in [9.17, 15) is 8.78 Å². The first-order valence-corrected chi connectivity index (χ1v) is 5.65. The van der Waals surface area contributed by atoms with Gasteiger partial charge in [-0.3, -0.25) is 11.3 Å². The Bertz CT molecular complexity index is 511. The van der Waals surface area contributed by atoms with E-state index in [2.05, 4.69) is 5.43 Å². The Balaban J connectivity index is 2.17. The average Bonchev–Trinajstić information content (AvgIpc) is 2.37. The fraction of sp³-hybridized carbons (Fsp3) is 0.143. The van der Waals surface area contributed by atoms with Crippen molar-refractivity contribution in [2.24, 2.45) is 5.84 Å². The molecule has 18 heavy (non-hydrogen) atoms. The second-order valence-corrected chi connectivity index (χ2v) is 4.10. The van der Waals surface area contributed by atoms with Gasteiger partial charge in [0.05, 0.1) is 0 Å². The maximum atomic E-state index is 13.1. The van der Waals surface area contributed by atoms with Gasteiger partial charge in [-0.25, -0.2) is 8.78 Å². The number of benzene rings is 2. The van der Waals surface area contributed by atoms with E-state index in [4.69, 9.17) is 5.84 Å². The van der Waals surface area contributed by atoms with Gasteiger partial charge in [-0.05, 0) is 41.8 Å². The third kappa shape index (κ3) is 3.12. The highest BCUT2D eigenvalue weighted by molar-refractivity contribution is 5.24. The first kappa shape index (κ1) is 12.7. The van der Waals surface area contributed by atoms with Gasteiger partial charge in [0.1, 0.15) is 11.6 Å². The van der Waals surface area contributed by atoms with E-state index in [1.165, 1.54) is 24.3 Å². The summed E-state index contributed by atoms with van der Waals surface area (Å²) in [5, 5.41) is 0. The third-order valence-corrected chi connectivity index (χ3v) is 2.80. The lowest BCUT2D eigenvalue weighted by Gasteiger charge is -2.16. The number of nitrogens with two attached hydrogens (primary N) is 1. The molecule has 0 bridgehead atoms. The van der Waals surface area contributed by atoms with E-state index < -0.39 is 0 Å². The normalized spacial score (nSPS) is 12.4. The highest BCUT2D eigenvalue weighted by atomic mass is 19.1. The predicted molar refractivity (Wildman–Crippen MR) is 66.6 cm³/mol. The van der Waals surface area contributed by atoms with Gasteiger partial charge in [0.2, 0.25) is 0 Å². The van der Waals surface area contributed by atoms with Crippen molar-refractivity contribution in [3.05, 3.63) is 71.3 Å². The van der Waals surface area contributed by atoms with E-state index in [0.29, 0.717) is 6.42 Å². The second kappa shape index (κ2) is 5.71. The summed E-state index contributed by atoms with van der Waals surface area (Å²) in [7, 11) is 0. The van der Waals surface area contributed by atoms with Gasteiger partial charge in [-0.1, -0.05) is 24.3 Å². The Morgan fingerprint density at radius 2 is 1.72 bits per heavy atom. The molecule has 0 aromatic heterocycles. The molecule has 0 aliphatic heterocycles. The zero-order valence-electron chi connectivity index (χ0n) is 9.74. The Hall–Kier alpha value is -1.78. The van der Waals surface area contributed by atoms with Crippen LogP contribution in [-0.2, 0) is 6.42 Å². The van der Waals surface area contributed by atoms with Crippen molar-refractivity contribution in [1.82, 2.24) is 5.43 Å². The first-order valence-electron chi connectivity index (χ1n) is 5.65. The molecule has 0 aliphatic carbocycles. The lowest BCUT2D eigenvalue weighted by atomic mass is 9.99. The number of hydrazine groups is 1. The van der Waals surface area contributed by atoms with Crippen molar-refractivity contribution >= 4 is 0 Å². The first-order chi connectivity index (χ1) is 8.69. The van der Waals surface area contributed by atoms with E-state index >= 15 is 0 Å². The highest BCUT2D eigenvalue weighted by Crippen LogP contribution is 2.18. The van der Waals surface area contributed by atoms with Gasteiger partial charge in [0.15, 0.2) is 0 Å². The van der Waals surface area contributed by atoms with Crippen LogP contribution in [0.4, 0.5) is 8.78 Å². The van der Waals surface area contributed by atoms with E-state index in [-0.39, 0.29) is 17.7 Å². The summed E-state index contributed by atoms with van der Waals surface area (Å²) in [5.74, 6) is 4.92. The van der Waals surface area contributed by atoms with Crippen LogP contribution in [0.15, 0.2) is 48.5 Å². The van der Waals surface area contributed by atoms with Crippen LogP contribution < -0.4 is 11.3 Å². The molecular formula is C14H14F2N2. The second-order valence-electron chi connectivity index (χ2n) is 4.10. The fourth-order valence-corrected chi connectivity index (χ4v) is 1.87. The van der Waals surface area contributed by atoms with Crippen LogP contribution in [0.2, 0.25) is 0 Å². The third-order valence-electron chi connectivity index (χ3n) is 2.80. The minimum Gasteiger partial charge on any atom is -0.271 e. The molecule has 2 aromatic carbocycles. The zero-order chi connectivity index (χ0) is 13.0. The molecule has 94 valence electrons. The number of rotatable bonds is 4. The molecular weight excluding hydrogens is 234 g/mol. The van der Waals surface area contributed by atoms with Crippen LogP contribution in [0.1, 0.15) is 17.2 Å². The Morgan fingerprint density at radius 3 is 2.33 bits per heavy atom. The number of nitrogens with one attached hydrogen (secondary N) is 1. The van der Waals surface area contributed by atoms with Crippen LogP contribution in [-0.4, -0.2) is 0 Å². The molecule has 0 saturated heterocycles. The topological polar surface area (TPSA) is 38.0 Å². The van der Waals surface area contributed by atoms with Crippen molar-refractivity contribution in [3.63, 3.8) is 0 Å². The van der Waals surface area contributed by atoms with Crippen molar-refractivity contribution in [2.75, 3.05) is 0 Å². The van der Waals surface area contributed by atoms with E-state index in [1.54, 1.807) is 18.2 Å². The minimum atomic E-state index is -0.291. The van der Waals surface area contributed by atoms with Gasteiger partial charge >= 0.3 is 0 Å². The monoisotopic (exact) mass is 248 g/mol. The maximum absolute atomic E-state index is 13.1. The van der Waals surface area contributed by atoms with Crippen molar-refractivity contribution in [3.8, 4) is 0 Å². The largest absolute Gasteiger partial charge is 0.271 e. The molecule has 1 atom stereocenters. The molecule has 0 aliphatic rings. The van der Waals surface area contributed by atoms with Gasteiger partial charge < -0.3 is 0 Å². The summed E-state index contributed by atoms with van der Waals surface area (Å²) in [4.78, 5) is 0. The summed E-state index contributed by atoms with van der Waals surface area (Å²) in [6, 6.07) is 12.3.